The van der Waals surface area contributed by atoms with Crippen molar-refractivity contribution in [2.24, 2.45) is 23.2 Å². The molecule has 5 heteroatoms. The molecule has 1 saturated heterocycles. The van der Waals surface area contributed by atoms with Crippen molar-refractivity contribution in [3.8, 4) is 6.07 Å². The number of fused-ring (bicyclic) bond motifs is 1. The van der Waals surface area contributed by atoms with Crippen molar-refractivity contribution in [3.05, 3.63) is 12.2 Å². The van der Waals surface area contributed by atoms with Crippen molar-refractivity contribution in [2.45, 2.75) is 32.5 Å². The van der Waals surface area contributed by atoms with Gasteiger partial charge in [-0.05, 0) is 19.3 Å². The molecule has 0 amide bonds. The van der Waals surface area contributed by atoms with E-state index in [4.69, 9.17) is 9.47 Å². The average Bonchev–Trinajstić information content (AvgIpc) is 2.87. The zero-order chi connectivity index (χ0) is 13.9. The third-order valence-corrected chi connectivity index (χ3v) is 4.87. The molecule has 19 heavy (non-hydrogen) atoms. The molecule has 2 saturated carbocycles. The minimum atomic E-state index is -1.01. The normalized spacial score (nSPS) is 45.7. The minimum Gasteiger partial charge on any atom is -0.457 e. The van der Waals surface area contributed by atoms with Gasteiger partial charge in [0.15, 0.2) is 5.41 Å². The van der Waals surface area contributed by atoms with Crippen molar-refractivity contribution >= 4 is 11.9 Å². The van der Waals surface area contributed by atoms with Crippen molar-refractivity contribution in [2.75, 3.05) is 0 Å². The van der Waals surface area contributed by atoms with Crippen LogP contribution in [-0.2, 0) is 19.1 Å². The van der Waals surface area contributed by atoms with Gasteiger partial charge in [-0.15, -0.1) is 0 Å². The highest BCUT2D eigenvalue weighted by Crippen LogP contribution is 2.64. The molecule has 5 nitrogen and oxygen atoms in total. The second kappa shape index (κ2) is 3.60. The first-order chi connectivity index (χ1) is 8.92. The molecule has 2 bridgehead atoms. The van der Waals surface area contributed by atoms with Crippen molar-refractivity contribution in [1.29, 1.82) is 5.26 Å². The van der Waals surface area contributed by atoms with Gasteiger partial charge in [0, 0.05) is 17.4 Å². The first kappa shape index (κ1) is 12.2. The molecule has 3 fully saturated rings. The van der Waals surface area contributed by atoms with Crippen molar-refractivity contribution in [1.82, 2.24) is 0 Å². The quantitative estimate of drug-likeness (QED) is 0.551. The smallest absolute Gasteiger partial charge is 0.333 e. The monoisotopic (exact) mass is 261 g/mol. The summed E-state index contributed by atoms with van der Waals surface area (Å²) in [4.78, 5) is 23.6. The summed E-state index contributed by atoms with van der Waals surface area (Å²) >= 11 is 0. The summed E-state index contributed by atoms with van der Waals surface area (Å²) < 4.78 is 10.7. The fourth-order valence-electron chi connectivity index (χ4n) is 3.98. The van der Waals surface area contributed by atoms with Crippen LogP contribution in [-0.4, -0.2) is 24.1 Å². The highest BCUT2D eigenvalue weighted by Gasteiger charge is 2.75. The Balaban J connectivity index is 1.91. The summed E-state index contributed by atoms with van der Waals surface area (Å²) in [6, 6.07) is 2.14. The van der Waals surface area contributed by atoms with Crippen LogP contribution in [0.2, 0.25) is 0 Å². The standard InChI is InChI=1S/C14H15NO4/c1-6(2)12(16)18-10-8-4-14(5-15)9(7(8)3)11(10)19-13(14)17/h7-11H,1,4H2,2-3H3/t7-,8?,9?,10?,11?,14?/m0/s1. The number of carbonyl (C=O) groups is 2. The summed E-state index contributed by atoms with van der Waals surface area (Å²) in [5.74, 6) is -0.898. The number of hydrogen-bond acceptors (Lipinski definition) is 5. The van der Waals surface area contributed by atoms with E-state index >= 15 is 0 Å². The van der Waals surface area contributed by atoms with Gasteiger partial charge in [-0.2, -0.15) is 5.26 Å². The molecule has 5 unspecified atom stereocenters. The molecule has 1 heterocycles. The van der Waals surface area contributed by atoms with Gasteiger partial charge in [0.2, 0.25) is 0 Å². The lowest BCUT2D eigenvalue weighted by Crippen LogP contribution is -2.39. The maximum Gasteiger partial charge on any atom is 0.333 e. The fraction of sp³-hybridized carbons (Fsp3) is 0.643. The second-order valence-corrected chi connectivity index (χ2v) is 5.86. The first-order valence-electron chi connectivity index (χ1n) is 6.41. The van der Waals surface area contributed by atoms with Gasteiger partial charge in [0.25, 0.3) is 0 Å². The highest BCUT2D eigenvalue weighted by molar-refractivity contribution is 5.88. The van der Waals surface area contributed by atoms with Crippen molar-refractivity contribution < 1.29 is 19.1 Å². The molecule has 0 radical (unpaired) electrons. The molecule has 6 atom stereocenters. The van der Waals surface area contributed by atoms with Crippen LogP contribution < -0.4 is 0 Å². The Hall–Kier alpha value is -1.83. The van der Waals surface area contributed by atoms with Crippen LogP contribution in [0.25, 0.3) is 0 Å². The SMILES string of the molecule is C=C(C)C(=O)OC1C2OC(=O)C3(C#N)CC1[C@H](C)C23. The predicted octanol–water partition coefficient (Wildman–Crippen LogP) is 1.20. The van der Waals surface area contributed by atoms with Gasteiger partial charge >= 0.3 is 11.9 Å². The van der Waals surface area contributed by atoms with E-state index in [1.807, 2.05) is 6.92 Å². The van der Waals surface area contributed by atoms with Crippen LogP contribution in [0.3, 0.4) is 0 Å². The Morgan fingerprint density at radius 3 is 2.89 bits per heavy atom. The lowest BCUT2D eigenvalue weighted by atomic mass is 9.74. The molecular weight excluding hydrogens is 246 g/mol. The van der Waals surface area contributed by atoms with E-state index < -0.39 is 29.6 Å². The van der Waals surface area contributed by atoms with E-state index in [1.165, 1.54) is 0 Å². The molecule has 1 aliphatic heterocycles. The van der Waals surface area contributed by atoms with Crippen LogP contribution in [0.1, 0.15) is 20.3 Å². The van der Waals surface area contributed by atoms with Crippen molar-refractivity contribution in [3.63, 3.8) is 0 Å². The molecule has 0 N–H and O–H groups in total. The van der Waals surface area contributed by atoms with Crippen LogP contribution in [0, 0.1) is 34.5 Å². The summed E-state index contributed by atoms with van der Waals surface area (Å²) in [5.41, 5.74) is -0.688. The summed E-state index contributed by atoms with van der Waals surface area (Å²) in [7, 11) is 0. The van der Waals surface area contributed by atoms with Crippen LogP contribution in [0.5, 0.6) is 0 Å². The third-order valence-electron chi connectivity index (χ3n) is 4.87. The van der Waals surface area contributed by atoms with E-state index in [0.717, 1.165) is 0 Å². The number of hydrogen-bond donors (Lipinski definition) is 0. The van der Waals surface area contributed by atoms with Gasteiger partial charge < -0.3 is 9.47 Å². The largest absolute Gasteiger partial charge is 0.457 e. The lowest BCUT2D eigenvalue weighted by molar-refractivity contribution is -0.158. The van der Waals surface area contributed by atoms with E-state index in [1.54, 1.807) is 6.92 Å². The molecular formula is C14H15NO4. The zero-order valence-corrected chi connectivity index (χ0v) is 10.9. The van der Waals surface area contributed by atoms with E-state index in [0.29, 0.717) is 12.0 Å². The number of rotatable bonds is 2. The molecule has 2 aliphatic carbocycles. The predicted molar refractivity (Wildman–Crippen MR) is 63.4 cm³/mol. The maximum atomic E-state index is 12.0. The second-order valence-electron chi connectivity index (χ2n) is 5.86. The van der Waals surface area contributed by atoms with Gasteiger partial charge in [0.05, 0.1) is 6.07 Å². The highest BCUT2D eigenvalue weighted by atomic mass is 16.6. The Bertz CT molecular complexity index is 534. The number of carbonyl (C=O) groups excluding carboxylic acids is 2. The van der Waals surface area contributed by atoms with E-state index in [-0.39, 0.29) is 17.8 Å². The third kappa shape index (κ3) is 1.29. The topological polar surface area (TPSA) is 76.4 Å². The van der Waals surface area contributed by atoms with Gasteiger partial charge in [-0.1, -0.05) is 13.5 Å². The molecule has 3 aliphatic rings. The Kier molecular flexibility index (Phi) is 2.31. The number of nitriles is 1. The summed E-state index contributed by atoms with van der Waals surface area (Å²) in [6.45, 7) is 7.13. The van der Waals surface area contributed by atoms with E-state index in [9.17, 15) is 14.9 Å². The first-order valence-corrected chi connectivity index (χ1v) is 6.41. The molecule has 0 spiro atoms. The molecule has 3 rings (SSSR count). The molecule has 100 valence electrons. The van der Waals surface area contributed by atoms with Gasteiger partial charge in [-0.3, -0.25) is 4.79 Å². The average molecular weight is 261 g/mol. The van der Waals surface area contributed by atoms with E-state index in [2.05, 4.69) is 12.6 Å². The van der Waals surface area contributed by atoms with Crippen LogP contribution in [0.15, 0.2) is 12.2 Å². The van der Waals surface area contributed by atoms with Crippen LogP contribution >= 0.6 is 0 Å². The van der Waals surface area contributed by atoms with Gasteiger partial charge in [-0.25, -0.2) is 4.79 Å². The minimum absolute atomic E-state index is 0.0180. The number of esters is 2. The molecule has 0 aromatic carbocycles. The summed E-state index contributed by atoms with van der Waals surface area (Å²) in [5, 5.41) is 9.34. The maximum absolute atomic E-state index is 12.0. The Labute approximate surface area is 111 Å². The summed E-state index contributed by atoms with van der Waals surface area (Å²) in [6.07, 6.45) is -0.472. The fourth-order valence-corrected chi connectivity index (χ4v) is 3.98. The van der Waals surface area contributed by atoms with Gasteiger partial charge in [0.1, 0.15) is 12.2 Å². The molecule has 0 aromatic heterocycles. The lowest BCUT2D eigenvalue weighted by Gasteiger charge is -2.27. The number of nitrogens with zero attached hydrogens (tertiary/aromatic N) is 1. The molecule has 0 aromatic rings. The zero-order valence-electron chi connectivity index (χ0n) is 10.9. The Morgan fingerprint density at radius 2 is 2.32 bits per heavy atom. The Morgan fingerprint density at radius 1 is 1.63 bits per heavy atom. The number of ether oxygens (including phenoxy) is 2. The van der Waals surface area contributed by atoms with Crippen LogP contribution in [0.4, 0.5) is 0 Å².